The molecule has 1 heterocycles. The maximum absolute atomic E-state index is 13.7. The molecule has 26 heavy (non-hydrogen) atoms. The van der Waals surface area contributed by atoms with Crippen LogP contribution in [0.15, 0.2) is 29.3 Å². The first-order chi connectivity index (χ1) is 12.1. The third kappa shape index (κ3) is 7.36. The fourth-order valence-electron chi connectivity index (χ4n) is 3.03. The Morgan fingerprint density at radius 2 is 1.85 bits per heavy atom. The minimum Gasteiger partial charge on any atom is -0.357 e. The van der Waals surface area contributed by atoms with E-state index >= 15 is 0 Å². The average Bonchev–Trinajstić information content (AvgIpc) is 2.65. The van der Waals surface area contributed by atoms with Crippen LogP contribution in [-0.2, 0) is 6.54 Å². The summed E-state index contributed by atoms with van der Waals surface area (Å²) in [4.78, 5) is 9.51. The lowest BCUT2D eigenvalue weighted by molar-refractivity contribution is 0.107. The van der Waals surface area contributed by atoms with Gasteiger partial charge in [-0.15, -0.1) is 24.0 Å². The van der Waals surface area contributed by atoms with Crippen LogP contribution in [0.1, 0.15) is 26.3 Å². The van der Waals surface area contributed by atoms with Gasteiger partial charge in [-0.2, -0.15) is 0 Å². The van der Waals surface area contributed by atoms with Crippen LogP contribution in [0.4, 0.5) is 4.39 Å². The molecule has 0 aromatic heterocycles. The smallest absolute Gasteiger partial charge is 0.191 e. The number of rotatable bonds is 7. The summed E-state index contributed by atoms with van der Waals surface area (Å²) >= 11 is 0. The van der Waals surface area contributed by atoms with E-state index in [1.54, 1.807) is 12.1 Å². The summed E-state index contributed by atoms with van der Waals surface area (Å²) in [6.07, 6.45) is 0. The van der Waals surface area contributed by atoms with E-state index in [1.165, 1.54) is 6.07 Å². The Morgan fingerprint density at radius 3 is 2.46 bits per heavy atom. The number of hydrogen-bond acceptors (Lipinski definition) is 3. The molecule has 1 fully saturated rings. The Bertz CT molecular complexity index is 546. The topological polar surface area (TPSA) is 42.9 Å². The van der Waals surface area contributed by atoms with Gasteiger partial charge in [0.05, 0.1) is 6.54 Å². The van der Waals surface area contributed by atoms with Crippen LogP contribution in [0.3, 0.4) is 0 Å². The fourth-order valence-corrected chi connectivity index (χ4v) is 3.03. The highest BCUT2D eigenvalue weighted by molar-refractivity contribution is 14.0. The number of halogens is 2. The number of piperazine rings is 1. The van der Waals surface area contributed by atoms with Gasteiger partial charge in [0, 0.05) is 50.9 Å². The monoisotopic (exact) mass is 477 g/mol. The predicted octanol–water partition coefficient (Wildman–Crippen LogP) is 2.52. The number of aliphatic imine (C=N–C) groups is 1. The maximum Gasteiger partial charge on any atom is 0.191 e. The zero-order valence-electron chi connectivity index (χ0n) is 16.2. The van der Waals surface area contributed by atoms with Gasteiger partial charge in [0.15, 0.2) is 5.96 Å². The second kappa shape index (κ2) is 12.5. The molecular formula is C19H33FIN5. The van der Waals surface area contributed by atoms with Crippen molar-refractivity contribution in [2.75, 3.05) is 45.8 Å². The first-order valence-electron chi connectivity index (χ1n) is 9.36. The molecule has 7 heteroatoms. The maximum atomic E-state index is 13.7. The second-order valence-electron chi connectivity index (χ2n) is 6.49. The molecule has 0 saturated carbocycles. The summed E-state index contributed by atoms with van der Waals surface area (Å²) in [6.45, 7) is 14.1. The van der Waals surface area contributed by atoms with Gasteiger partial charge >= 0.3 is 0 Å². The van der Waals surface area contributed by atoms with Crippen molar-refractivity contribution in [3.8, 4) is 0 Å². The Kier molecular flexibility index (Phi) is 11.1. The second-order valence-corrected chi connectivity index (χ2v) is 6.49. The lowest BCUT2D eigenvalue weighted by Gasteiger charge is -2.37. The van der Waals surface area contributed by atoms with Crippen molar-refractivity contribution in [3.63, 3.8) is 0 Å². The highest BCUT2D eigenvalue weighted by atomic mass is 127. The van der Waals surface area contributed by atoms with Crippen LogP contribution in [0.2, 0.25) is 0 Å². The molecule has 0 aliphatic carbocycles. The summed E-state index contributed by atoms with van der Waals surface area (Å²) in [7, 11) is 0. The van der Waals surface area contributed by atoms with Crippen LogP contribution in [0, 0.1) is 5.82 Å². The molecule has 1 atom stereocenters. The van der Waals surface area contributed by atoms with Crippen molar-refractivity contribution in [3.05, 3.63) is 35.6 Å². The first-order valence-corrected chi connectivity index (χ1v) is 9.36. The molecule has 148 valence electrons. The Labute approximate surface area is 174 Å². The summed E-state index contributed by atoms with van der Waals surface area (Å²) < 4.78 is 13.7. The normalized spacial score (nSPS) is 17.5. The predicted molar refractivity (Wildman–Crippen MR) is 118 cm³/mol. The van der Waals surface area contributed by atoms with Crippen molar-refractivity contribution in [2.24, 2.45) is 4.99 Å². The van der Waals surface area contributed by atoms with Crippen LogP contribution >= 0.6 is 24.0 Å². The minimum atomic E-state index is -0.204. The third-order valence-corrected chi connectivity index (χ3v) is 4.75. The van der Waals surface area contributed by atoms with E-state index in [2.05, 4.69) is 39.3 Å². The molecule has 5 nitrogen and oxygen atoms in total. The van der Waals surface area contributed by atoms with Gasteiger partial charge in [-0.1, -0.05) is 25.1 Å². The van der Waals surface area contributed by atoms with E-state index in [1.807, 2.05) is 13.0 Å². The molecule has 1 aromatic rings. The summed E-state index contributed by atoms with van der Waals surface area (Å²) in [6, 6.07) is 7.23. The van der Waals surface area contributed by atoms with Gasteiger partial charge in [-0.3, -0.25) is 4.90 Å². The number of likely N-dealkylation sites (N-methyl/N-ethyl adjacent to an activating group) is 1. The number of hydrogen-bond donors (Lipinski definition) is 2. The van der Waals surface area contributed by atoms with Gasteiger partial charge in [0.2, 0.25) is 0 Å². The molecule has 2 N–H and O–H groups in total. The van der Waals surface area contributed by atoms with E-state index in [4.69, 9.17) is 0 Å². The Hall–Kier alpha value is -0.930. The van der Waals surface area contributed by atoms with Crippen LogP contribution in [0.5, 0.6) is 0 Å². The Balaban J connectivity index is 0.00000338. The average molecular weight is 477 g/mol. The van der Waals surface area contributed by atoms with Crippen molar-refractivity contribution >= 4 is 29.9 Å². The van der Waals surface area contributed by atoms with Crippen molar-refractivity contribution in [1.29, 1.82) is 0 Å². The van der Waals surface area contributed by atoms with Gasteiger partial charge in [-0.05, 0) is 26.5 Å². The van der Waals surface area contributed by atoms with Gasteiger partial charge in [0.25, 0.3) is 0 Å². The lowest BCUT2D eigenvalue weighted by atomic mass is 10.2. The molecular weight excluding hydrogens is 444 g/mol. The van der Waals surface area contributed by atoms with Crippen molar-refractivity contribution < 1.29 is 4.39 Å². The van der Waals surface area contributed by atoms with E-state index in [0.717, 1.165) is 51.8 Å². The third-order valence-electron chi connectivity index (χ3n) is 4.75. The highest BCUT2D eigenvalue weighted by Gasteiger charge is 2.20. The molecule has 2 rings (SSSR count). The molecule has 0 spiro atoms. The van der Waals surface area contributed by atoms with E-state index < -0.39 is 0 Å². The van der Waals surface area contributed by atoms with Crippen molar-refractivity contribution in [2.45, 2.75) is 33.4 Å². The summed E-state index contributed by atoms with van der Waals surface area (Å²) in [5.41, 5.74) is 0.614. The zero-order chi connectivity index (χ0) is 18.1. The number of nitrogens with one attached hydrogen (secondary N) is 2. The molecule has 0 amide bonds. The van der Waals surface area contributed by atoms with E-state index in [9.17, 15) is 4.39 Å². The number of nitrogens with zero attached hydrogens (tertiary/aromatic N) is 3. The lowest BCUT2D eigenvalue weighted by Crippen LogP contribution is -2.53. The number of benzene rings is 1. The standard InChI is InChI=1S/C19H32FN5.HI/c1-4-21-19(23-15-17-8-6-7-9-18(17)20)22-14-16(3)25-12-10-24(5-2)11-13-25;/h6-9,16H,4-5,10-15H2,1-3H3,(H2,21,22,23);1H. The highest BCUT2D eigenvalue weighted by Crippen LogP contribution is 2.08. The number of guanidine groups is 1. The summed E-state index contributed by atoms with van der Waals surface area (Å²) in [5, 5.41) is 6.63. The largest absolute Gasteiger partial charge is 0.357 e. The molecule has 1 aromatic carbocycles. The molecule has 0 bridgehead atoms. The molecule has 0 radical (unpaired) electrons. The van der Waals surface area contributed by atoms with E-state index in [0.29, 0.717) is 18.2 Å². The van der Waals surface area contributed by atoms with Crippen LogP contribution < -0.4 is 10.6 Å². The van der Waals surface area contributed by atoms with Gasteiger partial charge < -0.3 is 15.5 Å². The van der Waals surface area contributed by atoms with Gasteiger partial charge in [-0.25, -0.2) is 9.38 Å². The molecule has 1 saturated heterocycles. The van der Waals surface area contributed by atoms with Gasteiger partial charge in [0.1, 0.15) is 5.82 Å². The molecule has 1 aliphatic rings. The van der Waals surface area contributed by atoms with Crippen molar-refractivity contribution in [1.82, 2.24) is 20.4 Å². The molecule has 1 unspecified atom stereocenters. The van der Waals surface area contributed by atoms with E-state index in [-0.39, 0.29) is 29.8 Å². The quantitative estimate of drug-likeness (QED) is 0.360. The van der Waals surface area contributed by atoms with Crippen LogP contribution in [0.25, 0.3) is 0 Å². The minimum absolute atomic E-state index is 0. The Morgan fingerprint density at radius 1 is 1.15 bits per heavy atom. The SMILES string of the molecule is CCNC(=NCc1ccccc1F)NCC(C)N1CCN(CC)CC1.I. The zero-order valence-corrected chi connectivity index (χ0v) is 18.5. The summed E-state index contributed by atoms with van der Waals surface area (Å²) in [5.74, 6) is 0.536. The van der Waals surface area contributed by atoms with Crippen LogP contribution in [-0.4, -0.2) is 67.6 Å². The fraction of sp³-hybridized carbons (Fsp3) is 0.632. The first kappa shape index (κ1) is 23.1. The molecule has 1 aliphatic heterocycles.